The van der Waals surface area contributed by atoms with Gasteiger partial charge in [0.25, 0.3) is 0 Å². The molecule has 10 heavy (non-hydrogen) atoms. The van der Waals surface area contributed by atoms with Gasteiger partial charge in [0.1, 0.15) is 12.5 Å². The maximum absolute atomic E-state index is 4.15. The lowest BCUT2D eigenvalue weighted by molar-refractivity contribution is 0.445. The zero-order valence-corrected chi connectivity index (χ0v) is 7.24. The van der Waals surface area contributed by atoms with Crippen molar-refractivity contribution in [3.63, 3.8) is 0 Å². The third kappa shape index (κ3) is 1.56. The van der Waals surface area contributed by atoms with Gasteiger partial charge in [-0.15, -0.1) is 0 Å². The van der Waals surface area contributed by atoms with E-state index in [0.717, 1.165) is 19.0 Å². The fourth-order valence-corrected chi connectivity index (χ4v) is 1.43. The van der Waals surface area contributed by atoms with Crippen LogP contribution in [0.4, 0.5) is 0 Å². The van der Waals surface area contributed by atoms with Gasteiger partial charge in [0, 0.05) is 6.54 Å². The largest absolute Gasteiger partial charge is 0.339 e. The minimum atomic E-state index is 0.881. The van der Waals surface area contributed by atoms with Crippen LogP contribution in [0.25, 0.3) is 0 Å². The Labute approximate surface area is 65.9 Å². The first-order chi connectivity index (χ1) is 4.88. The van der Waals surface area contributed by atoms with Gasteiger partial charge in [-0.05, 0) is 13.2 Å². The second-order valence-electron chi connectivity index (χ2n) is 2.13. The van der Waals surface area contributed by atoms with Gasteiger partial charge < -0.3 is 4.90 Å². The molecular weight excluding hydrogens is 146 g/mol. The molecule has 0 aromatic heterocycles. The molecule has 58 valence electrons. The summed E-state index contributed by atoms with van der Waals surface area (Å²) in [6, 6.07) is 0. The number of hydrogen-bond donors (Lipinski definition) is 1. The molecule has 0 radical (unpaired) electrons. The number of nitrogens with one attached hydrogen (secondary N) is 1. The molecule has 1 aliphatic rings. The summed E-state index contributed by atoms with van der Waals surface area (Å²) in [6.45, 7) is 4.07. The van der Waals surface area contributed by atoms with Crippen molar-refractivity contribution in [2.24, 2.45) is 5.10 Å². The third-order valence-corrected chi connectivity index (χ3v) is 2.04. The number of nitrogens with zero attached hydrogens (tertiary/aromatic N) is 2. The molecule has 0 aromatic carbocycles. The first-order valence-corrected chi connectivity index (χ1v) is 4.81. The summed E-state index contributed by atoms with van der Waals surface area (Å²) in [5.41, 5.74) is 2.96. The molecule has 0 aromatic rings. The van der Waals surface area contributed by atoms with Gasteiger partial charge >= 0.3 is 0 Å². The molecule has 1 aliphatic heterocycles. The van der Waals surface area contributed by atoms with Crippen molar-refractivity contribution in [2.45, 2.75) is 6.92 Å². The van der Waals surface area contributed by atoms with E-state index in [4.69, 9.17) is 0 Å². The Kier molecular flexibility index (Phi) is 2.86. The van der Waals surface area contributed by atoms with E-state index in [-0.39, 0.29) is 0 Å². The van der Waals surface area contributed by atoms with Gasteiger partial charge in [-0.1, -0.05) is 0 Å². The molecule has 0 aliphatic carbocycles. The lowest BCUT2D eigenvalue weighted by Gasteiger charge is -2.14. The minimum absolute atomic E-state index is 0.881. The SMILES string of the molecule is CCN1CNN=C1CSC. The number of rotatable bonds is 3. The van der Waals surface area contributed by atoms with Crippen molar-refractivity contribution in [2.75, 3.05) is 25.2 Å². The summed E-state index contributed by atoms with van der Waals surface area (Å²) in [4.78, 5) is 2.23. The fourth-order valence-electron chi connectivity index (χ4n) is 0.921. The molecular formula is C6H13N3S. The highest BCUT2D eigenvalue weighted by molar-refractivity contribution is 7.99. The number of thioether (sulfide) groups is 1. The first-order valence-electron chi connectivity index (χ1n) is 3.41. The van der Waals surface area contributed by atoms with Gasteiger partial charge in [-0.25, -0.2) is 0 Å². The van der Waals surface area contributed by atoms with Crippen molar-refractivity contribution in [3.05, 3.63) is 0 Å². The van der Waals surface area contributed by atoms with E-state index in [2.05, 4.69) is 28.6 Å². The molecule has 0 saturated heterocycles. The standard InChI is InChI=1S/C6H13N3S/c1-3-9-5-7-8-6(9)4-10-2/h7H,3-5H2,1-2H3. The number of hydrogen-bond acceptors (Lipinski definition) is 4. The Balaban J connectivity index is 2.40. The van der Waals surface area contributed by atoms with Crippen LogP contribution < -0.4 is 5.43 Å². The minimum Gasteiger partial charge on any atom is -0.339 e. The molecule has 0 bridgehead atoms. The third-order valence-electron chi connectivity index (χ3n) is 1.49. The second-order valence-corrected chi connectivity index (χ2v) is 3.00. The van der Waals surface area contributed by atoms with Gasteiger partial charge in [-0.2, -0.15) is 16.9 Å². The average Bonchev–Trinajstić information content (AvgIpc) is 2.36. The van der Waals surface area contributed by atoms with Gasteiger partial charge in [0.2, 0.25) is 0 Å². The van der Waals surface area contributed by atoms with Crippen molar-refractivity contribution in [1.29, 1.82) is 0 Å². The molecule has 4 heteroatoms. The number of amidine groups is 1. The Morgan fingerprint density at radius 1 is 1.80 bits per heavy atom. The molecule has 0 unspecified atom stereocenters. The highest BCUT2D eigenvalue weighted by atomic mass is 32.2. The first kappa shape index (κ1) is 7.72. The van der Waals surface area contributed by atoms with E-state index < -0.39 is 0 Å². The zero-order valence-electron chi connectivity index (χ0n) is 6.42. The highest BCUT2D eigenvalue weighted by Crippen LogP contribution is 2.02. The topological polar surface area (TPSA) is 27.6 Å². The molecule has 1 N–H and O–H groups in total. The van der Waals surface area contributed by atoms with E-state index in [1.165, 1.54) is 5.84 Å². The Morgan fingerprint density at radius 2 is 2.60 bits per heavy atom. The van der Waals surface area contributed by atoms with Crippen molar-refractivity contribution in [3.8, 4) is 0 Å². The quantitative estimate of drug-likeness (QED) is 0.651. The summed E-state index contributed by atoms with van der Waals surface area (Å²) in [5, 5.41) is 4.15. The van der Waals surface area contributed by atoms with Crippen LogP contribution in [0.1, 0.15) is 6.92 Å². The molecule has 0 fully saturated rings. The fraction of sp³-hybridized carbons (Fsp3) is 0.833. The van der Waals surface area contributed by atoms with E-state index in [9.17, 15) is 0 Å². The molecule has 0 amide bonds. The van der Waals surface area contributed by atoms with Crippen LogP contribution >= 0.6 is 11.8 Å². The van der Waals surface area contributed by atoms with Crippen LogP contribution in [0, 0.1) is 0 Å². The van der Waals surface area contributed by atoms with Gasteiger partial charge in [-0.3, -0.25) is 5.43 Å². The maximum atomic E-state index is 4.15. The summed E-state index contributed by atoms with van der Waals surface area (Å²) < 4.78 is 0. The van der Waals surface area contributed by atoms with Crippen molar-refractivity contribution >= 4 is 17.6 Å². The van der Waals surface area contributed by atoms with E-state index in [0.29, 0.717) is 0 Å². The van der Waals surface area contributed by atoms with Crippen molar-refractivity contribution in [1.82, 2.24) is 10.3 Å². The van der Waals surface area contributed by atoms with E-state index in [1.54, 1.807) is 11.8 Å². The Morgan fingerprint density at radius 3 is 3.20 bits per heavy atom. The predicted octanol–water partition coefficient (Wildman–Crippen LogP) is 0.546. The second kappa shape index (κ2) is 3.71. The van der Waals surface area contributed by atoms with Gasteiger partial charge in [0.15, 0.2) is 0 Å². The van der Waals surface area contributed by atoms with Crippen LogP contribution in [0.5, 0.6) is 0 Å². The van der Waals surface area contributed by atoms with Crippen LogP contribution in [-0.4, -0.2) is 36.0 Å². The number of hydrazone groups is 1. The molecule has 1 heterocycles. The summed E-state index contributed by atoms with van der Waals surface area (Å²) in [6.07, 6.45) is 2.09. The average molecular weight is 159 g/mol. The lowest BCUT2D eigenvalue weighted by Crippen LogP contribution is -2.30. The predicted molar refractivity (Wildman–Crippen MR) is 46.2 cm³/mol. The van der Waals surface area contributed by atoms with Crippen LogP contribution in [0.3, 0.4) is 0 Å². The maximum Gasteiger partial charge on any atom is 0.136 e. The Bertz CT molecular complexity index is 135. The van der Waals surface area contributed by atoms with Crippen LogP contribution in [0.2, 0.25) is 0 Å². The van der Waals surface area contributed by atoms with Gasteiger partial charge in [0.05, 0.1) is 5.75 Å². The summed E-state index contributed by atoms with van der Waals surface area (Å²) in [7, 11) is 0. The monoisotopic (exact) mass is 159 g/mol. The molecule has 0 saturated carbocycles. The zero-order chi connectivity index (χ0) is 7.40. The molecule has 0 atom stereocenters. The molecule has 0 spiro atoms. The van der Waals surface area contributed by atoms with Crippen LogP contribution in [-0.2, 0) is 0 Å². The Hall–Kier alpha value is -0.380. The summed E-state index contributed by atoms with van der Waals surface area (Å²) in [5.74, 6) is 2.19. The van der Waals surface area contributed by atoms with Crippen molar-refractivity contribution < 1.29 is 0 Å². The molecule has 1 rings (SSSR count). The summed E-state index contributed by atoms with van der Waals surface area (Å²) >= 11 is 1.81. The lowest BCUT2D eigenvalue weighted by atomic mass is 10.5. The van der Waals surface area contributed by atoms with E-state index in [1.807, 2.05) is 0 Å². The normalized spacial score (nSPS) is 17.0. The van der Waals surface area contributed by atoms with Crippen LogP contribution in [0.15, 0.2) is 5.10 Å². The van der Waals surface area contributed by atoms with E-state index >= 15 is 0 Å². The molecule has 3 nitrogen and oxygen atoms in total. The highest BCUT2D eigenvalue weighted by Gasteiger charge is 2.12. The smallest absolute Gasteiger partial charge is 0.136 e.